The standard InChI is InChI=1S/C26H27N3O4S/c27-29-28-23-25(32-18-20-12-6-2-7-13-20)24(31-17-19-10-4-1-5-11-19)22(16-30)33-26(23)34-21-14-8-3-9-15-21/h1-15,22-26,30H,16-18H2/t22-,23-,24+,25-,26+/m1/s1. The quantitative estimate of drug-likeness (QED) is 0.241. The van der Waals surface area contributed by atoms with Crippen LogP contribution in [0.4, 0.5) is 0 Å². The van der Waals surface area contributed by atoms with Crippen LogP contribution in [0.25, 0.3) is 10.4 Å². The van der Waals surface area contributed by atoms with Gasteiger partial charge in [0.15, 0.2) is 0 Å². The van der Waals surface area contributed by atoms with Gasteiger partial charge in [-0.05, 0) is 28.8 Å². The van der Waals surface area contributed by atoms with Crippen molar-refractivity contribution in [2.75, 3.05) is 6.61 Å². The van der Waals surface area contributed by atoms with Crippen LogP contribution in [-0.2, 0) is 27.4 Å². The van der Waals surface area contributed by atoms with E-state index in [1.807, 2.05) is 91.0 Å². The van der Waals surface area contributed by atoms with Crippen molar-refractivity contribution in [2.24, 2.45) is 5.11 Å². The number of rotatable bonds is 10. The summed E-state index contributed by atoms with van der Waals surface area (Å²) in [6, 6.07) is 28.6. The summed E-state index contributed by atoms with van der Waals surface area (Å²) >= 11 is 1.44. The molecule has 8 heteroatoms. The summed E-state index contributed by atoms with van der Waals surface area (Å²) in [4.78, 5) is 4.06. The second-order valence-electron chi connectivity index (χ2n) is 7.87. The Balaban J connectivity index is 1.60. The van der Waals surface area contributed by atoms with E-state index in [4.69, 9.17) is 14.2 Å². The number of benzene rings is 3. The number of aliphatic hydroxyl groups excluding tert-OH is 1. The summed E-state index contributed by atoms with van der Waals surface area (Å²) in [5, 5.41) is 14.3. The van der Waals surface area contributed by atoms with Crippen LogP contribution < -0.4 is 0 Å². The number of hydrogen-bond donors (Lipinski definition) is 1. The second kappa shape index (κ2) is 12.6. The van der Waals surface area contributed by atoms with Gasteiger partial charge < -0.3 is 19.3 Å². The van der Waals surface area contributed by atoms with Crippen molar-refractivity contribution in [1.29, 1.82) is 0 Å². The van der Waals surface area contributed by atoms with Crippen molar-refractivity contribution in [3.63, 3.8) is 0 Å². The normalized spacial score (nSPS) is 24.3. The molecule has 1 fully saturated rings. The molecular formula is C26H27N3O4S. The van der Waals surface area contributed by atoms with E-state index in [9.17, 15) is 10.6 Å². The smallest absolute Gasteiger partial charge is 0.119 e. The van der Waals surface area contributed by atoms with Gasteiger partial charge in [0.25, 0.3) is 0 Å². The maximum atomic E-state index is 10.2. The van der Waals surface area contributed by atoms with Gasteiger partial charge in [0.2, 0.25) is 0 Å². The molecule has 1 saturated heterocycles. The zero-order chi connectivity index (χ0) is 23.6. The van der Waals surface area contributed by atoms with E-state index in [-0.39, 0.29) is 6.61 Å². The van der Waals surface area contributed by atoms with E-state index in [1.54, 1.807) is 0 Å². The number of ether oxygens (including phenoxy) is 3. The Hall–Kier alpha value is -2.84. The number of aliphatic hydroxyl groups is 1. The summed E-state index contributed by atoms with van der Waals surface area (Å²) in [5.74, 6) is 0. The SMILES string of the molecule is [N-]=[N+]=N[C@@H]1[C@@H](OCc2ccccc2)[C@@H](OCc2ccccc2)[C@@H](CO)O[C@H]1Sc1ccccc1. The molecule has 0 radical (unpaired) electrons. The predicted molar refractivity (Wildman–Crippen MR) is 131 cm³/mol. The summed E-state index contributed by atoms with van der Waals surface area (Å²) in [5.41, 5.74) is 10.8. The number of nitrogens with zero attached hydrogens (tertiary/aromatic N) is 3. The molecular weight excluding hydrogens is 450 g/mol. The Kier molecular flexibility index (Phi) is 8.98. The zero-order valence-corrected chi connectivity index (χ0v) is 19.4. The highest BCUT2D eigenvalue weighted by atomic mass is 32.2. The molecule has 0 unspecified atom stereocenters. The summed E-state index contributed by atoms with van der Waals surface area (Å²) in [6.45, 7) is 0.380. The minimum Gasteiger partial charge on any atom is -0.394 e. The number of thioether (sulfide) groups is 1. The summed E-state index contributed by atoms with van der Waals surface area (Å²) in [7, 11) is 0. The fourth-order valence-corrected chi connectivity index (χ4v) is 5.01. The predicted octanol–water partition coefficient (Wildman–Crippen LogP) is 5.35. The molecule has 0 saturated carbocycles. The molecule has 7 nitrogen and oxygen atoms in total. The number of hydrogen-bond acceptors (Lipinski definition) is 6. The van der Waals surface area contributed by atoms with Gasteiger partial charge in [-0.2, -0.15) is 0 Å². The van der Waals surface area contributed by atoms with Gasteiger partial charge in [-0.15, -0.1) is 0 Å². The van der Waals surface area contributed by atoms with Crippen LogP contribution in [0.2, 0.25) is 0 Å². The highest BCUT2D eigenvalue weighted by Gasteiger charge is 2.47. The molecule has 4 rings (SSSR count). The van der Waals surface area contributed by atoms with E-state index >= 15 is 0 Å². The van der Waals surface area contributed by atoms with Gasteiger partial charge in [0, 0.05) is 9.81 Å². The minimum atomic E-state index is -0.664. The molecule has 176 valence electrons. The first-order valence-electron chi connectivity index (χ1n) is 11.1. The Labute approximate surface area is 203 Å². The van der Waals surface area contributed by atoms with Gasteiger partial charge >= 0.3 is 0 Å². The molecule has 1 aliphatic heterocycles. The van der Waals surface area contributed by atoms with E-state index < -0.39 is 29.8 Å². The minimum absolute atomic E-state index is 0.251. The third-order valence-electron chi connectivity index (χ3n) is 5.55. The first kappa shape index (κ1) is 24.3. The lowest BCUT2D eigenvalue weighted by molar-refractivity contribution is -0.206. The second-order valence-corrected chi connectivity index (χ2v) is 9.05. The third kappa shape index (κ3) is 6.39. The van der Waals surface area contributed by atoms with Crippen LogP contribution in [0, 0.1) is 0 Å². The fourth-order valence-electron chi connectivity index (χ4n) is 3.88. The van der Waals surface area contributed by atoms with Crippen molar-refractivity contribution in [3.05, 3.63) is 113 Å². The van der Waals surface area contributed by atoms with E-state index in [1.165, 1.54) is 11.8 Å². The van der Waals surface area contributed by atoms with E-state index in [0.29, 0.717) is 13.2 Å². The molecule has 0 amide bonds. The molecule has 0 spiro atoms. The van der Waals surface area contributed by atoms with Crippen molar-refractivity contribution in [1.82, 2.24) is 0 Å². The molecule has 3 aromatic carbocycles. The van der Waals surface area contributed by atoms with Crippen molar-refractivity contribution < 1.29 is 19.3 Å². The van der Waals surface area contributed by atoms with Crippen LogP contribution in [0.5, 0.6) is 0 Å². The van der Waals surface area contributed by atoms with Gasteiger partial charge in [-0.3, -0.25) is 0 Å². The molecule has 0 bridgehead atoms. The van der Waals surface area contributed by atoms with Crippen molar-refractivity contribution in [2.45, 2.75) is 47.9 Å². The average molecular weight is 478 g/mol. The maximum absolute atomic E-state index is 10.2. The molecule has 0 aromatic heterocycles. The highest BCUT2D eigenvalue weighted by Crippen LogP contribution is 2.37. The largest absolute Gasteiger partial charge is 0.394 e. The van der Waals surface area contributed by atoms with Crippen molar-refractivity contribution >= 4 is 11.8 Å². The first-order chi connectivity index (χ1) is 16.8. The van der Waals surface area contributed by atoms with Crippen LogP contribution >= 0.6 is 11.8 Å². The zero-order valence-electron chi connectivity index (χ0n) is 18.6. The van der Waals surface area contributed by atoms with Crippen LogP contribution in [0.15, 0.2) is 101 Å². The van der Waals surface area contributed by atoms with Crippen LogP contribution in [0.1, 0.15) is 11.1 Å². The monoisotopic (exact) mass is 477 g/mol. The third-order valence-corrected chi connectivity index (χ3v) is 6.71. The summed E-state index contributed by atoms with van der Waals surface area (Å²) < 4.78 is 18.8. The molecule has 0 aliphatic carbocycles. The summed E-state index contributed by atoms with van der Waals surface area (Å²) in [6.07, 6.45) is -1.89. The maximum Gasteiger partial charge on any atom is 0.119 e. The van der Waals surface area contributed by atoms with Crippen molar-refractivity contribution in [3.8, 4) is 0 Å². The molecule has 34 heavy (non-hydrogen) atoms. The lowest BCUT2D eigenvalue weighted by Gasteiger charge is -2.44. The van der Waals surface area contributed by atoms with Crippen LogP contribution in [0.3, 0.4) is 0 Å². The lowest BCUT2D eigenvalue weighted by Crippen LogP contribution is -2.58. The van der Waals surface area contributed by atoms with Gasteiger partial charge in [-0.25, -0.2) is 0 Å². The Morgan fingerprint density at radius 2 is 1.35 bits per heavy atom. The molecule has 1 heterocycles. The molecule has 1 aliphatic rings. The topological polar surface area (TPSA) is 96.7 Å². The lowest BCUT2D eigenvalue weighted by atomic mass is 9.98. The Morgan fingerprint density at radius 1 is 0.824 bits per heavy atom. The molecule has 3 aromatic rings. The first-order valence-corrected chi connectivity index (χ1v) is 12.0. The highest BCUT2D eigenvalue weighted by molar-refractivity contribution is 7.99. The average Bonchev–Trinajstić information content (AvgIpc) is 2.89. The van der Waals surface area contributed by atoms with E-state index in [2.05, 4.69) is 10.0 Å². The molecule has 1 N–H and O–H groups in total. The van der Waals surface area contributed by atoms with Crippen LogP contribution in [-0.4, -0.2) is 41.5 Å². The Bertz CT molecular complexity index is 1050. The van der Waals surface area contributed by atoms with E-state index in [0.717, 1.165) is 16.0 Å². The molecule has 5 atom stereocenters. The number of azide groups is 1. The van der Waals surface area contributed by atoms with Gasteiger partial charge in [0.1, 0.15) is 23.7 Å². The fraction of sp³-hybridized carbons (Fsp3) is 0.308. The van der Waals surface area contributed by atoms with Gasteiger partial charge in [0.05, 0.1) is 25.9 Å². The Morgan fingerprint density at radius 3 is 1.88 bits per heavy atom. The van der Waals surface area contributed by atoms with Gasteiger partial charge in [-0.1, -0.05) is 95.7 Å².